The lowest BCUT2D eigenvalue weighted by Gasteiger charge is -2.32. The van der Waals surface area contributed by atoms with Gasteiger partial charge in [-0.05, 0) is 14.0 Å². The van der Waals surface area contributed by atoms with Crippen LogP contribution in [0.1, 0.15) is 16.2 Å². The molecule has 3 N–H and O–H groups in total. The molecule has 1 aliphatic rings. The van der Waals surface area contributed by atoms with Crippen LogP contribution in [-0.4, -0.2) is 72.8 Å². The molecule has 1 aromatic rings. The van der Waals surface area contributed by atoms with Gasteiger partial charge in [-0.2, -0.15) is 5.10 Å². The van der Waals surface area contributed by atoms with E-state index in [1.807, 2.05) is 7.05 Å². The van der Waals surface area contributed by atoms with Gasteiger partial charge in [-0.1, -0.05) is 0 Å². The van der Waals surface area contributed by atoms with Crippen molar-refractivity contribution in [2.24, 2.45) is 0 Å². The zero-order chi connectivity index (χ0) is 14.9. The number of aryl methyl sites for hydroxylation is 1. The van der Waals surface area contributed by atoms with Crippen molar-refractivity contribution in [3.05, 3.63) is 11.4 Å². The Labute approximate surface area is 116 Å². The molecule has 1 fully saturated rings. The van der Waals surface area contributed by atoms with Gasteiger partial charge in [0.25, 0.3) is 10.0 Å². The minimum atomic E-state index is -3.96. The third kappa shape index (κ3) is 2.98. The number of H-pyrrole nitrogens is 1. The largest absolute Gasteiger partial charge is 0.476 e. The van der Waals surface area contributed by atoms with Gasteiger partial charge >= 0.3 is 5.97 Å². The van der Waals surface area contributed by atoms with E-state index >= 15 is 0 Å². The molecule has 2 heterocycles. The highest BCUT2D eigenvalue weighted by Gasteiger charge is 2.30. The Balaban J connectivity index is 2.23. The summed E-state index contributed by atoms with van der Waals surface area (Å²) in [5, 5.41) is 16.5. The number of hydrogen-bond donors (Lipinski definition) is 3. The van der Waals surface area contributed by atoms with E-state index in [0.29, 0.717) is 13.1 Å². The van der Waals surface area contributed by atoms with E-state index in [2.05, 4.69) is 19.9 Å². The van der Waals surface area contributed by atoms with Gasteiger partial charge < -0.3 is 10.0 Å². The van der Waals surface area contributed by atoms with E-state index in [1.54, 1.807) is 5.01 Å². The van der Waals surface area contributed by atoms with E-state index in [1.165, 1.54) is 6.92 Å². The molecular weight excluding hydrogens is 286 g/mol. The van der Waals surface area contributed by atoms with Crippen molar-refractivity contribution in [2.45, 2.75) is 11.8 Å². The van der Waals surface area contributed by atoms with Crippen LogP contribution in [0, 0.1) is 6.92 Å². The number of sulfonamides is 1. The molecule has 10 heteroatoms. The molecule has 2 rings (SSSR count). The van der Waals surface area contributed by atoms with Gasteiger partial charge in [0.2, 0.25) is 0 Å². The molecule has 0 bridgehead atoms. The number of hydrogen-bond acceptors (Lipinski definition) is 6. The number of nitrogens with zero attached hydrogens (tertiary/aromatic N) is 3. The standard InChI is InChI=1S/C10H17N5O4S/c1-7-9(8(10(16)17)12-11-7)20(18,19)13-15-5-3-14(2)4-6-15/h13H,3-6H2,1-2H3,(H,11,12)(H,16,17). The smallest absolute Gasteiger partial charge is 0.357 e. The minimum Gasteiger partial charge on any atom is -0.476 e. The highest BCUT2D eigenvalue weighted by molar-refractivity contribution is 7.89. The van der Waals surface area contributed by atoms with Crippen molar-refractivity contribution in [3.8, 4) is 0 Å². The van der Waals surface area contributed by atoms with E-state index in [0.717, 1.165) is 13.1 Å². The molecule has 0 amide bonds. The van der Waals surface area contributed by atoms with Crippen LogP contribution in [-0.2, 0) is 10.0 Å². The Hall–Kier alpha value is -1.49. The number of aromatic amines is 1. The molecule has 112 valence electrons. The maximum atomic E-state index is 12.3. The summed E-state index contributed by atoms with van der Waals surface area (Å²) in [5.41, 5.74) is -0.298. The predicted molar refractivity (Wildman–Crippen MR) is 69.7 cm³/mol. The van der Waals surface area contributed by atoms with Crippen molar-refractivity contribution in [1.29, 1.82) is 0 Å². The average Bonchev–Trinajstić information content (AvgIpc) is 2.75. The van der Waals surface area contributed by atoms with E-state index < -0.39 is 21.7 Å². The Kier molecular flexibility index (Phi) is 4.09. The summed E-state index contributed by atoms with van der Waals surface area (Å²) >= 11 is 0. The van der Waals surface area contributed by atoms with Crippen LogP contribution in [0.4, 0.5) is 0 Å². The number of piperazine rings is 1. The summed E-state index contributed by atoms with van der Waals surface area (Å²) < 4.78 is 24.6. The SMILES string of the molecule is Cc1[nH]nc(C(=O)O)c1S(=O)(=O)NN1CCN(C)CC1. The molecule has 1 aromatic heterocycles. The van der Waals surface area contributed by atoms with Crippen molar-refractivity contribution in [1.82, 2.24) is 24.9 Å². The molecule has 0 atom stereocenters. The molecule has 0 aromatic carbocycles. The maximum absolute atomic E-state index is 12.3. The fraction of sp³-hybridized carbons (Fsp3) is 0.600. The Bertz CT molecular complexity index is 603. The molecule has 0 spiro atoms. The number of hydrazine groups is 1. The molecule has 0 radical (unpaired) electrons. The zero-order valence-corrected chi connectivity index (χ0v) is 12.1. The number of carboxylic acid groups (broad SMARTS) is 1. The van der Waals surface area contributed by atoms with E-state index in [9.17, 15) is 13.2 Å². The van der Waals surface area contributed by atoms with Crippen LogP contribution in [0.3, 0.4) is 0 Å². The van der Waals surface area contributed by atoms with Crippen LogP contribution in [0.2, 0.25) is 0 Å². The molecule has 1 saturated heterocycles. The van der Waals surface area contributed by atoms with Crippen LogP contribution in [0.5, 0.6) is 0 Å². The Morgan fingerprint density at radius 3 is 2.50 bits per heavy atom. The molecule has 0 unspecified atom stereocenters. The lowest BCUT2D eigenvalue weighted by atomic mass is 10.4. The summed E-state index contributed by atoms with van der Waals surface area (Å²) in [6, 6.07) is 0. The van der Waals surface area contributed by atoms with Crippen LogP contribution >= 0.6 is 0 Å². The van der Waals surface area contributed by atoms with Gasteiger partial charge in [-0.3, -0.25) is 5.10 Å². The quantitative estimate of drug-likeness (QED) is 0.643. The second-order valence-electron chi connectivity index (χ2n) is 4.72. The molecule has 0 saturated carbocycles. The number of nitrogens with one attached hydrogen (secondary N) is 2. The molecular formula is C10H17N5O4S. The van der Waals surface area contributed by atoms with Crippen LogP contribution in [0.25, 0.3) is 0 Å². The molecule has 20 heavy (non-hydrogen) atoms. The van der Waals surface area contributed by atoms with Gasteiger partial charge in [-0.15, -0.1) is 4.83 Å². The third-order valence-electron chi connectivity index (χ3n) is 3.11. The minimum absolute atomic E-state index is 0.198. The van der Waals surface area contributed by atoms with Crippen molar-refractivity contribution >= 4 is 16.0 Å². The van der Waals surface area contributed by atoms with E-state index in [-0.39, 0.29) is 10.6 Å². The number of rotatable bonds is 4. The highest BCUT2D eigenvalue weighted by atomic mass is 32.2. The van der Waals surface area contributed by atoms with Gasteiger partial charge in [0.1, 0.15) is 4.90 Å². The van der Waals surface area contributed by atoms with Crippen molar-refractivity contribution in [3.63, 3.8) is 0 Å². The van der Waals surface area contributed by atoms with Gasteiger partial charge in [0.15, 0.2) is 5.69 Å². The normalized spacial score (nSPS) is 18.3. The number of likely N-dealkylation sites (N-methyl/N-ethyl adjacent to an activating group) is 1. The van der Waals surface area contributed by atoms with Crippen molar-refractivity contribution in [2.75, 3.05) is 33.2 Å². The Morgan fingerprint density at radius 2 is 1.95 bits per heavy atom. The Morgan fingerprint density at radius 1 is 1.35 bits per heavy atom. The summed E-state index contributed by atoms with van der Waals surface area (Å²) in [4.78, 5) is 15.2. The number of aromatic nitrogens is 2. The second-order valence-corrected chi connectivity index (χ2v) is 6.31. The lowest BCUT2D eigenvalue weighted by Crippen LogP contribution is -2.52. The average molecular weight is 303 g/mol. The molecule has 0 aliphatic carbocycles. The first kappa shape index (κ1) is 14.9. The molecule has 9 nitrogen and oxygen atoms in total. The lowest BCUT2D eigenvalue weighted by molar-refractivity contribution is 0.0686. The highest BCUT2D eigenvalue weighted by Crippen LogP contribution is 2.18. The first-order chi connectivity index (χ1) is 9.31. The summed E-state index contributed by atoms with van der Waals surface area (Å²) in [5.74, 6) is -1.38. The second kappa shape index (κ2) is 5.48. The summed E-state index contributed by atoms with van der Waals surface area (Å²) in [6.45, 7) is 4.01. The fourth-order valence-corrected chi connectivity index (χ4v) is 3.46. The fourth-order valence-electron chi connectivity index (χ4n) is 2.01. The van der Waals surface area contributed by atoms with Crippen molar-refractivity contribution < 1.29 is 18.3 Å². The number of aromatic carboxylic acids is 1. The molecule has 1 aliphatic heterocycles. The van der Waals surface area contributed by atoms with Crippen LogP contribution in [0.15, 0.2) is 4.90 Å². The topological polar surface area (TPSA) is 119 Å². The predicted octanol–water partition coefficient (Wildman–Crippen LogP) is -1.14. The van der Waals surface area contributed by atoms with Crippen LogP contribution < -0.4 is 4.83 Å². The first-order valence-electron chi connectivity index (χ1n) is 6.05. The number of carbonyl (C=O) groups is 1. The first-order valence-corrected chi connectivity index (χ1v) is 7.54. The van der Waals surface area contributed by atoms with Gasteiger partial charge in [0.05, 0.1) is 5.69 Å². The zero-order valence-electron chi connectivity index (χ0n) is 11.3. The summed E-state index contributed by atoms with van der Waals surface area (Å²) in [6.07, 6.45) is 0. The maximum Gasteiger partial charge on any atom is 0.357 e. The van der Waals surface area contributed by atoms with E-state index in [4.69, 9.17) is 5.11 Å². The monoisotopic (exact) mass is 303 g/mol. The number of carboxylic acids is 1. The third-order valence-corrected chi connectivity index (χ3v) is 4.65. The summed E-state index contributed by atoms with van der Waals surface area (Å²) in [7, 11) is -2.00. The van der Waals surface area contributed by atoms with Gasteiger partial charge in [0, 0.05) is 26.2 Å². The van der Waals surface area contributed by atoms with Gasteiger partial charge in [-0.25, -0.2) is 18.2 Å².